The molecular weight excluding hydrogens is 375 g/mol. The van der Waals surface area contributed by atoms with Crippen LogP contribution in [0.15, 0.2) is 36.4 Å². The third-order valence-electron chi connectivity index (χ3n) is 4.59. The second-order valence-electron chi connectivity index (χ2n) is 6.85. The number of carbonyl (C=O) groups excluding carboxylic acids is 1. The zero-order valence-corrected chi connectivity index (χ0v) is 16.4. The SMILES string of the molecule is CCOc1cc2c(cc1NC(=O)c1nc(C)n(-c3ccc(F)cc3)n1)OC(C)C2. The zero-order valence-electron chi connectivity index (χ0n) is 16.4. The van der Waals surface area contributed by atoms with E-state index >= 15 is 0 Å². The van der Waals surface area contributed by atoms with E-state index in [1.54, 1.807) is 25.1 Å². The van der Waals surface area contributed by atoms with Crippen LogP contribution in [0.4, 0.5) is 10.1 Å². The molecule has 0 bridgehead atoms. The van der Waals surface area contributed by atoms with Gasteiger partial charge in [0, 0.05) is 18.1 Å². The number of amides is 1. The lowest BCUT2D eigenvalue weighted by molar-refractivity contribution is 0.101. The van der Waals surface area contributed by atoms with Crippen molar-refractivity contribution in [1.29, 1.82) is 0 Å². The van der Waals surface area contributed by atoms with Crippen LogP contribution in [0.3, 0.4) is 0 Å². The zero-order chi connectivity index (χ0) is 20.5. The lowest BCUT2D eigenvalue weighted by atomic mass is 10.1. The summed E-state index contributed by atoms with van der Waals surface area (Å²) >= 11 is 0. The summed E-state index contributed by atoms with van der Waals surface area (Å²) in [6.07, 6.45) is 0.882. The smallest absolute Gasteiger partial charge is 0.295 e. The van der Waals surface area contributed by atoms with E-state index in [-0.39, 0.29) is 17.7 Å². The molecule has 7 nitrogen and oxygen atoms in total. The number of fused-ring (bicyclic) bond motifs is 1. The van der Waals surface area contributed by atoms with E-state index < -0.39 is 5.91 Å². The Balaban J connectivity index is 1.61. The predicted octanol–water partition coefficient (Wildman–Crippen LogP) is 3.69. The highest BCUT2D eigenvalue weighted by Crippen LogP contribution is 2.38. The van der Waals surface area contributed by atoms with Crippen molar-refractivity contribution in [3.8, 4) is 17.2 Å². The van der Waals surface area contributed by atoms with E-state index in [0.29, 0.717) is 29.6 Å². The Labute approximate surface area is 167 Å². The van der Waals surface area contributed by atoms with Crippen LogP contribution in [0.25, 0.3) is 5.69 Å². The van der Waals surface area contributed by atoms with Gasteiger partial charge in [-0.1, -0.05) is 0 Å². The highest BCUT2D eigenvalue weighted by Gasteiger charge is 2.24. The molecule has 4 rings (SSSR count). The van der Waals surface area contributed by atoms with Crippen molar-refractivity contribution >= 4 is 11.6 Å². The summed E-state index contributed by atoms with van der Waals surface area (Å²) in [5, 5.41) is 7.08. The van der Waals surface area contributed by atoms with Gasteiger partial charge in [-0.2, -0.15) is 0 Å². The van der Waals surface area contributed by atoms with Gasteiger partial charge >= 0.3 is 0 Å². The molecule has 1 aliphatic heterocycles. The first-order valence-corrected chi connectivity index (χ1v) is 9.42. The van der Waals surface area contributed by atoms with Crippen molar-refractivity contribution < 1.29 is 18.7 Å². The Morgan fingerprint density at radius 2 is 2.10 bits per heavy atom. The van der Waals surface area contributed by atoms with E-state index in [1.807, 2.05) is 19.9 Å². The fourth-order valence-electron chi connectivity index (χ4n) is 3.30. The molecule has 0 fully saturated rings. The average Bonchev–Trinajstić information content (AvgIpc) is 3.24. The van der Waals surface area contributed by atoms with Crippen LogP contribution in [0.2, 0.25) is 0 Å². The average molecular weight is 396 g/mol. The summed E-state index contributed by atoms with van der Waals surface area (Å²) < 4.78 is 26.1. The third-order valence-corrected chi connectivity index (χ3v) is 4.59. The largest absolute Gasteiger partial charge is 0.492 e. The number of ether oxygens (including phenoxy) is 2. The summed E-state index contributed by atoms with van der Waals surface area (Å²) in [5.74, 6) is 1.01. The van der Waals surface area contributed by atoms with Crippen molar-refractivity contribution in [3.63, 3.8) is 0 Å². The number of carbonyl (C=O) groups is 1. The topological polar surface area (TPSA) is 78.3 Å². The normalized spacial score (nSPS) is 15.0. The number of hydrogen-bond acceptors (Lipinski definition) is 5. The molecule has 0 spiro atoms. The quantitative estimate of drug-likeness (QED) is 0.712. The van der Waals surface area contributed by atoms with Gasteiger partial charge in [0.25, 0.3) is 5.91 Å². The van der Waals surface area contributed by atoms with E-state index in [2.05, 4.69) is 15.4 Å². The Hall–Kier alpha value is -3.42. The number of benzene rings is 2. The minimum absolute atomic E-state index is 0.00376. The third kappa shape index (κ3) is 3.78. The summed E-state index contributed by atoms with van der Waals surface area (Å²) in [4.78, 5) is 17.0. The first kappa shape index (κ1) is 18.9. The molecule has 3 aromatic rings. The monoisotopic (exact) mass is 396 g/mol. The summed E-state index contributed by atoms with van der Waals surface area (Å²) in [5.41, 5.74) is 2.17. The molecule has 2 heterocycles. The molecule has 1 amide bonds. The number of aromatic nitrogens is 3. The standard InChI is InChI=1S/C21H21FN4O3/c1-4-28-19-10-14-9-12(2)29-18(14)11-17(19)24-21(27)20-23-13(3)26(25-20)16-7-5-15(22)6-8-16/h5-8,10-12H,4,9H2,1-3H3,(H,24,27). The molecule has 2 aromatic carbocycles. The van der Waals surface area contributed by atoms with Gasteiger partial charge in [0.1, 0.15) is 29.2 Å². The Morgan fingerprint density at radius 1 is 1.34 bits per heavy atom. The maximum atomic E-state index is 13.2. The molecule has 150 valence electrons. The lowest BCUT2D eigenvalue weighted by Gasteiger charge is -2.12. The minimum atomic E-state index is -0.471. The Morgan fingerprint density at radius 3 is 2.83 bits per heavy atom. The second kappa shape index (κ2) is 7.54. The fourth-order valence-corrected chi connectivity index (χ4v) is 3.30. The van der Waals surface area contributed by atoms with Crippen LogP contribution in [0, 0.1) is 12.7 Å². The van der Waals surface area contributed by atoms with Crippen LogP contribution >= 0.6 is 0 Å². The van der Waals surface area contributed by atoms with Gasteiger partial charge in [-0.05, 0) is 51.1 Å². The van der Waals surface area contributed by atoms with Gasteiger partial charge in [-0.3, -0.25) is 4.79 Å². The van der Waals surface area contributed by atoms with Gasteiger partial charge in [0.2, 0.25) is 5.82 Å². The Kier molecular flexibility index (Phi) is 4.92. The number of anilines is 1. The van der Waals surface area contributed by atoms with Crippen molar-refractivity contribution in [2.24, 2.45) is 0 Å². The highest BCUT2D eigenvalue weighted by molar-refractivity contribution is 6.02. The summed E-state index contributed by atoms with van der Waals surface area (Å²) in [6, 6.07) is 9.47. The molecule has 0 saturated carbocycles. The first-order chi connectivity index (χ1) is 13.9. The lowest BCUT2D eigenvalue weighted by Crippen LogP contribution is -2.15. The number of hydrogen-bond donors (Lipinski definition) is 1. The highest BCUT2D eigenvalue weighted by atomic mass is 19.1. The molecule has 1 N–H and O–H groups in total. The molecule has 1 aromatic heterocycles. The van der Waals surface area contributed by atoms with Crippen molar-refractivity contribution in [1.82, 2.24) is 14.8 Å². The van der Waals surface area contributed by atoms with Crippen LogP contribution in [-0.2, 0) is 6.42 Å². The molecule has 1 aliphatic rings. The number of nitrogens with zero attached hydrogens (tertiary/aromatic N) is 3. The molecule has 1 unspecified atom stereocenters. The van der Waals surface area contributed by atoms with Crippen LogP contribution in [0.1, 0.15) is 35.9 Å². The number of aryl methyl sites for hydroxylation is 1. The molecular formula is C21H21FN4O3. The van der Waals surface area contributed by atoms with Gasteiger partial charge in [0.05, 0.1) is 18.0 Å². The Bertz CT molecular complexity index is 1060. The first-order valence-electron chi connectivity index (χ1n) is 9.42. The summed E-state index contributed by atoms with van der Waals surface area (Å²) in [7, 11) is 0. The molecule has 29 heavy (non-hydrogen) atoms. The summed E-state index contributed by atoms with van der Waals surface area (Å²) in [6.45, 7) is 6.07. The van der Waals surface area contributed by atoms with E-state index in [1.165, 1.54) is 16.8 Å². The molecule has 0 radical (unpaired) electrons. The number of nitrogens with one attached hydrogen (secondary N) is 1. The van der Waals surface area contributed by atoms with Gasteiger partial charge in [-0.15, -0.1) is 5.10 Å². The molecule has 0 saturated heterocycles. The van der Waals surface area contributed by atoms with Gasteiger partial charge in [-0.25, -0.2) is 14.1 Å². The van der Waals surface area contributed by atoms with Gasteiger partial charge in [0.15, 0.2) is 0 Å². The molecule has 0 aliphatic carbocycles. The van der Waals surface area contributed by atoms with Crippen LogP contribution < -0.4 is 14.8 Å². The maximum Gasteiger partial charge on any atom is 0.295 e. The van der Waals surface area contributed by atoms with Gasteiger partial charge < -0.3 is 14.8 Å². The molecule has 1 atom stereocenters. The van der Waals surface area contributed by atoms with Crippen molar-refractivity contribution in [2.75, 3.05) is 11.9 Å². The van der Waals surface area contributed by atoms with Crippen LogP contribution in [0.5, 0.6) is 11.5 Å². The number of rotatable bonds is 5. The van der Waals surface area contributed by atoms with E-state index in [4.69, 9.17) is 9.47 Å². The minimum Gasteiger partial charge on any atom is -0.492 e. The molecule has 8 heteroatoms. The van der Waals surface area contributed by atoms with E-state index in [9.17, 15) is 9.18 Å². The van der Waals surface area contributed by atoms with Crippen molar-refractivity contribution in [2.45, 2.75) is 33.3 Å². The second-order valence-corrected chi connectivity index (χ2v) is 6.85. The number of halogens is 1. The maximum absolute atomic E-state index is 13.2. The fraction of sp³-hybridized carbons (Fsp3) is 0.286. The van der Waals surface area contributed by atoms with Crippen molar-refractivity contribution in [3.05, 3.63) is 59.4 Å². The predicted molar refractivity (Wildman–Crippen MR) is 105 cm³/mol. The van der Waals surface area contributed by atoms with Crippen LogP contribution in [-0.4, -0.2) is 33.4 Å². The van der Waals surface area contributed by atoms with E-state index in [0.717, 1.165) is 17.7 Å².